The first-order valence-electron chi connectivity index (χ1n) is 11.7. The van der Waals surface area contributed by atoms with Crippen molar-refractivity contribution in [2.45, 2.75) is 103 Å². The van der Waals surface area contributed by atoms with E-state index in [1.165, 1.54) is 109 Å². The van der Waals surface area contributed by atoms with Crippen molar-refractivity contribution in [1.29, 1.82) is 0 Å². The van der Waals surface area contributed by atoms with E-state index in [2.05, 4.69) is 31.0 Å². The summed E-state index contributed by atoms with van der Waals surface area (Å²) in [5.74, 6) is 0.786. The number of allylic oxidation sites excluding steroid dienone is 2. The van der Waals surface area contributed by atoms with Gasteiger partial charge in [-0.1, -0.05) is 76.9 Å². The predicted molar refractivity (Wildman–Crippen MR) is 116 cm³/mol. The lowest BCUT2D eigenvalue weighted by Crippen LogP contribution is -2.17. The molecule has 1 aliphatic rings. The minimum Gasteiger partial charge on any atom is -0.381 e. The lowest BCUT2D eigenvalue weighted by Gasteiger charge is -2.10. The van der Waals surface area contributed by atoms with Gasteiger partial charge >= 0.3 is 0 Å². The zero-order valence-electron chi connectivity index (χ0n) is 18.0. The van der Waals surface area contributed by atoms with Gasteiger partial charge in [0.25, 0.3) is 0 Å². The Kier molecular flexibility index (Phi) is 16.4. The highest BCUT2D eigenvalue weighted by Gasteiger charge is 2.18. The molecule has 154 valence electrons. The van der Waals surface area contributed by atoms with Crippen LogP contribution in [0.2, 0.25) is 0 Å². The predicted octanol–water partition coefficient (Wildman–Crippen LogP) is 6.99. The molecule has 0 saturated carbocycles. The first-order valence-corrected chi connectivity index (χ1v) is 11.7. The number of rotatable bonds is 18. The van der Waals surface area contributed by atoms with E-state index < -0.39 is 0 Å². The van der Waals surface area contributed by atoms with Crippen molar-refractivity contribution in [2.24, 2.45) is 5.92 Å². The van der Waals surface area contributed by atoms with Gasteiger partial charge in [0.05, 0.1) is 6.61 Å². The smallest absolute Gasteiger partial charge is 0.0506 e. The molecule has 0 aromatic carbocycles. The molecule has 0 N–H and O–H groups in total. The van der Waals surface area contributed by atoms with Gasteiger partial charge in [-0.2, -0.15) is 0 Å². The van der Waals surface area contributed by atoms with E-state index in [9.17, 15) is 0 Å². The van der Waals surface area contributed by atoms with Gasteiger partial charge in [0.1, 0.15) is 0 Å². The molecule has 1 heterocycles. The molecule has 0 amide bonds. The number of hydrogen-bond acceptors (Lipinski definition) is 2. The Hall–Kier alpha value is -0.340. The number of likely N-dealkylation sites (tertiary alicyclic amines) is 1. The minimum atomic E-state index is 0.786. The normalized spacial score (nSPS) is 18.3. The molecule has 0 spiro atoms. The van der Waals surface area contributed by atoms with Crippen LogP contribution in [0, 0.1) is 5.92 Å². The standard InChI is InChI=1S/C24H47NO/c1-3-4-5-6-7-8-9-10-11-12-13-14-15-16-17-18-21-26-23-24-19-20-25(2)22-24/h10-11,24H,3-9,12-23H2,1-2H3/b11-10-/t24-/m0/s1. The molecule has 1 saturated heterocycles. The Morgan fingerprint density at radius 2 is 1.38 bits per heavy atom. The topological polar surface area (TPSA) is 12.5 Å². The third kappa shape index (κ3) is 14.8. The molecule has 1 fully saturated rings. The van der Waals surface area contributed by atoms with Crippen LogP contribution in [0.25, 0.3) is 0 Å². The van der Waals surface area contributed by atoms with Crippen LogP contribution in [-0.2, 0) is 4.74 Å². The van der Waals surface area contributed by atoms with E-state index in [1.54, 1.807) is 0 Å². The molecule has 0 aromatic rings. The van der Waals surface area contributed by atoms with Gasteiger partial charge in [-0.05, 0) is 58.0 Å². The zero-order valence-corrected chi connectivity index (χ0v) is 18.0. The SMILES string of the molecule is CCCCCCCC/C=C\CCCCCCCCOC[C@H]1CCN(C)C1. The van der Waals surface area contributed by atoms with E-state index in [-0.39, 0.29) is 0 Å². The van der Waals surface area contributed by atoms with E-state index >= 15 is 0 Å². The lowest BCUT2D eigenvalue weighted by atomic mass is 10.1. The van der Waals surface area contributed by atoms with Crippen LogP contribution in [0.5, 0.6) is 0 Å². The Morgan fingerprint density at radius 1 is 0.808 bits per heavy atom. The van der Waals surface area contributed by atoms with Gasteiger partial charge in [0.15, 0.2) is 0 Å². The molecule has 0 bridgehead atoms. The zero-order chi connectivity index (χ0) is 18.7. The fraction of sp³-hybridized carbons (Fsp3) is 0.917. The van der Waals surface area contributed by atoms with Crippen molar-refractivity contribution in [1.82, 2.24) is 4.90 Å². The van der Waals surface area contributed by atoms with Crippen molar-refractivity contribution < 1.29 is 4.74 Å². The number of ether oxygens (including phenoxy) is 1. The van der Waals surface area contributed by atoms with E-state index in [0.29, 0.717) is 0 Å². The maximum absolute atomic E-state index is 5.85. The van der Waals surface area contributed by atoms with Crippen molar-refractivity contribution >= 4 is 0 Å². The summed E-state index contributed by atoms with van der Waals surface area (Å²) in [6, 6.07) is 0. The first kappa shape index (κ1) is 23.7. The van der Waals surface area contributed by atoms with Crippen LogP contribution in [0.15, 0.2) is 12.2 Å². The Bertz CT molecular complexity index is 315. The average molecular weight is 366 g/mol. The van der Waals surface area contributed by atoms with Crippen molar-refractivity contribution in [2.75, 3.05) is 33.4 Å². The van der Waals surface area contributed by atoms with Crippen LogP contribution < -0.4 is 0 Å². The Balaban J connectivity index is 1.70. The van der Waals surface area contributed by atoms with Gasteiger partial charge in [-0.15, -0.1) is 0 Å². The highest BCUT2D eigenvalue weighted by atomic mass is 16.5. The first-order chi connectivity index (χ1) is 12.8. The molecular weight excluding hydrogens is 318 g/mol. The second-order valence-electron chi connectivity index (χ2n) is 8.43. The molecule has 2 nitrogen and oxygen atoms in total. The molecule has 0 unspecified atom stereocenters. The largest absolute Gasteiger partial charge is 0.381 e. The van der Waals surface area contributed by atoms with E-state index in [1.807, 2.05) is 0 Å². The number of hydrogen-bond donors (Lipinski definition) is 0. The van der Waals surface area contributed by atoms with Crippen LogP contribution in [0.3, 0.4) is 0 Å². The summed E-state index contributed by atoms with van der Waals surface area (Å²) >= 11 is 0. The summed E-state index contributed by atoms with van der Waals surface area (Å²) in [4.78, 5) is 2.41. The summed E-state index contributed by atoms with van der Waals surface area (Å²) in [6.07, 6.45) is 25.3. The Morgan fingerprint density at radius 3 is 1.96 bits per heavy atom. The monoisotopic (exact) mass is 365 g/mol. The van der Waals surface area contributed by atoms with Crippen molar-refractivity contribution in [3.8, 4) is 0 Å². The van der Waals surface area contributed by atoms with Crippen molar-refractivity contribution in [3.63, 3.8) is 0 Å². The van der Waals surface area contributed by atoms with Crippen LogP contribution >= 0.6 is 0 Å². The van der Waals surface area contributed by atoms with Gasteiger partial charge in [-0.25, -0.2) is 0 Å². The molecule has 1 aliphatic heterocycles. The van der Waals surface area contributed by atoms with Gasteiger partial charge in [-0.3, -0.25) is 0 Å². The molecule has 0 aromatic heterocycles. The van der Waals surface area contributed by atoms with Gasteiger partial charge < -0.3 is 9.64 Å². The molecule has 0 aliphatic carbocycles. The quantitative estimate of drug-likeness (QED) is 0.192. The Labute approximate surface area is 164 Å². The number of nitrogens with zero attached hydrogens (tertiary/aromatic N) is 1. The third-order valence-electron chi connectivity index (χ3n) is 5.64. The molecule has 0 radical (unpaired) electrons. The summed E-state index contributed by atoms with van der Waals surface area (Å²) in [6.45, 7) is 6.72. The van der Waals surface area contributed by atoms with E-state index in [0.717, 1.165) is 19.1 Å². The second-order valence-corrected chi connectivity index (χ2v) is 8.43. The van der Waals surface area contributed by atoms with Crippen LogP contribution in [0.4, 0.5) is 0 Å². The maximum atomic E-state index is 5.85. The molecule has 26 heavy (non-hydrogen) atoms. The summed E-state index contributed by atoms with van der Waals surface area (Å²) in [7, 11) is 2.21. The third-order valence-corrected chi connectivity index (χ3v) is 5.64. The fourth-order valence-corrected chi connectivity index (χ4v) is 3.86. The summed E-state index contributed by atoms with van der Waals surface area (Å²) < 4.78 is 5.85. The van der Waals surface area contributed by atoms with Crippen LogP contribution in [-0.4, -0.2) is 38.3 Å². The van der Waals surface area contributed by atoms with Crippen molar-refractivity contribution in [3.05, 3.63) is 12.2 Å². The van der Waals surface area contributed by atoms with Gasteiger partial charge in [0.2, 0.25) is 0 Å². The maximum Gasteiger partial charge on any atom is 0.0506 e. The minimum absolute atomic E-state index is 0.786. The molecule has 1 atom stereocenters. The molecule has 1 rings (SSSR count). The highest BCUT2D eigenvalue weighted by Crippen LogP contribution is 2.15. The molecular formula is C24H47NO. The number of unbranched alkanes of at least 4 members (excludes halogenated alkanes) is 12. The fourth-order valence-electron chi connectivity index (χ4n) is 3.86. The van der Waals surface area contributed by atoms with E-state index in [4.69, 9.17) is 4.74 Å². The lowest BCUT2D eigenvalue weighted by molar-refractivity contribution is 0.0986. The average Bonchev–Trinajstić information content (AvgIpc) is 3.06. The highest BCUT2D eigenvalue weighted by molar-refractivity contribution is 4.81. The van der Waals surface area contributed by atoms with Gasteiger partial charge in [0, 0.05) is 13.2 Å². The summed E-state index contributed by atoms with van der Waals surface area (Å²) in [5.41, 5.74) is 0. The molecule has 2 heteroatoms. The summed E-state index contributed by atoms with van der Waals surface area (Å²) in [5, 5.41) is 0. The van der Waals surface area contributed by atoms with Crippen LogP contribution in [0.1, 0.15) is 103 Å². The second kappa shape index (κ2) is 18.0.